The summed E-state index contributed by atoms with van der Waals surface area (Å²) < 4.78 is 0. The van der Waals surface area contributed by atoms with Gasteiger partial charge in [0.15, 0.2) is 0 Å². The van der Waals surface area contributed by atoms with E-state index >= 15 is 0 Å². The molecule has 1 radical (unpaired) electrons. The largest absolute Gasteiger partial charge is 2.00 e. The number of pyridine rings is 1. The third-order valence-electron chi connectivity index (χ3n) is 7.22. The molecule has 6 heterocycles. The molecule has 10 heteroatoms. The Morgan fingerprint density at radius 2 is 0.773 bits per heavy atom. The average molecular weight is 623 g/mol. The van der Waals surface area contributed by atoms with Crippen molar-refractivity contribution in [3.05, 3.63) is 91.3 Å². The molecule has 2 aliphatic rings. The number of nitrogens with zero attached hydrogens (tertiary/aromatic N) is 9. The van der Waals surface area contributed by atoms with Crippen LogP contribution in [0.3, 0.4) is 0 Å². The first-order valence-electron chi connectivity index (χ1n) is 13.7. The van der Waals surface area contributed by atoms with Gasteiger partial charge in [0, 0.05) is 57.2 Å². The predicted octanol–water partition coefficient (Wildman–Crippen LogP) is 7.18. The third kappa shape index (κ3) is 4.43. The van der Waals surface area contributed by atoms with Crippen molar-refractivity contribution in [1.82, 2.24) is 44.9 Å². The predicted molar refractivity (Wildman–Crippen MR) is 170 cm³/mol. The second kappa shape index (κ2) is 11.4. The molecule has 2 aliphatic heterocycles. The van der Waals surface area contributed by atoms with Gasteiger partial charge in [0.2, 0.25) is 0 Å². The van der Waals surface area contributed by atoms with Crippen LogP contribution >= 0.6 is 0 Å². The first kappa shape index (κ1) is 28.8. The maximum Gasteiger partial charge on any atom is 2.00 e. The summed E-state index contributed by atoms with van der Waals surface area (Å²) in [6.07, 6.45) is 3.48. The molecule has 0 saturated heterocycles. The van der Waals surface area contributed by atoms with Crippen LogP contribution in [-0.4, -0.2) is 34.9 Å². The fourth-order valence-electron chi connectivity index (χ4n) is 5.35. The number of rotatable bonds is 0. The van der Waals surface area contributed by atoms with E-state index < -0.39 is 0 Å². The van der Waals surface area contributed by atoms with Crippen molar-refractivity contribution in [2.75, 3.05) is 0 Å². The van der Waals surface area contributed by atoms with Gasteiger partial charge in [-0.2, -0.15) is 0 Å². The molecule has 0 unspecified atom stereocenters. The normalized spacial score (nSPS) is 11.0. The van der Waals surface area contributed by atoms with Crippen LogP contribution in [-0.2, 0) is 17.1 Å². The summed E-state index contributed by atoms with van der Waals surface area (Å²) in [7, 11) is 0. The van der Waals surface area contributed by atoms with Crippen molar-refractivity contribution >= 4 is 44.1 Å². The molecule has 7 aromatic rings. The van der Waals surface area contributed by atoms with Crippen molar-refractivity contribution in [2.24, 2.45) is 0 Å². The maximum absolute atomic E-state index is 4.94. The number of benzene rings is 3. The van der Waals surface area contributed by atoms with Crippen molar-refractivity contribution < 1.29 is 17.1 Å². The molecule has 0 N–H and O–H groups in total. The Labute approximate surface area is 263 Å². The fraction of sp³-hybridized carbons (Fsp3) is 0.0882. The van der Waals surface area contributed by atoms with Crippen LogP contribution in [0.1, 0.15) is 21.3 Å². The van der Waals surface area contributed by atoms with E-state index in [0.29, 0.717) is 45.9 Å². The zero-order valence-electron chi connectivity index (χ0n) is 23.0. The Bertz CT molecular complexity index is 2040. The Morgan fingerprint density at radius 1 is 0.432 bits per heavy atom. The Morgan fingerprint density at radius 3 is 1.18 bits per heavy atom. The van der Waals surface area contributed by atoms with Crippen molar-refractivity contribution in [3.8, 4) is 45.6 Å². The zero-order chi connectivity index (χ0) is 28.2. The van der Waals surface area contributed by atoms with E-state index in [0.717, 1.165) is 43.8 Å². The van der Waals surface area contributed by atoms with Gasteiger partial charge < -0.3 is 29.9 Å². The molecule has 9 nitrogen and oxygen atoms in total. The quantitative estimate of drug-likeness (QED) is 0.162. The molecular weight excluding hydrogens is 598 g/mol. The second-order valence-corrected chi connectivity index (χ2v) is 9.54. The molecular formula is C34H25CuN9. The van der Waals surface area contributed by atoms with Crippen LogP contribution < -0.4 is 9.97 Å². The van der Waals surface area contributed by atoms with Gasteiger partial charge in [0.1, 0.15) is 0 Å². The Hall–Kier alpha value is -5.31. The number of hydrogen-bond donors (Lipinski definition) is 0. The van der Waals surface area contributed by atoms with E-state index in [1.54, 1.807) is 12.4 Å². The fourth-order valence-corrected chi connectivity index (χ4v) is 5.35. The molecule has 0 fully saturated rings. The van der Waals surface area contributed by atoms with Crippen molar-refractivity contribution in [1.29, 1.82) is 0 Å². The molecule has 8 bridgehead atoms. The summed E-state index contributed by atoms with van der Waals surface area (Å²) in [4.78, 5) is 43.4. The molecule has 0 aliphatic carbocycles. The number of hydrogen-bond acceptors (Lipinski definition) is 7. The van der Waals surface area contributed by atoms with Crippen LogP contribution in [0.5, 0.6) is 0 Å². The van der Waals surface area contributed by atoms with Gasteiger partial charge in [-0.3, -0.25) is 4.98 Å². The Balaban J connectivity index is 0.000000842. The van der Waals surface area contributed by atoms with Gasteiger partial charge in [0.05, 0.1) is 23.3 Å². The van der Waals surface area contributed by atoms with Crippen LogP contribution in [0.25, 0.3) is 89.7 Å². The summed E-state index contributed by atoms with van der Waals surface area (Å²) in [6, 6.07) is 25.7. The monoisotopic (exact) mass is 622 g/mol. The van der Waals surface area contributed by atoms with Crippen molar-refractivity contribution in [3.63, 3.8) is 0 Å². The molecule has 4 aromatic heterocycles. The van der Waals surface area contributed by atoms with E-state index in [1.165, 1.54) is 0 Å². The molecule has 44 heavy (non-hydrogen) atoms. The standard InChI is InChI=1S/C31H15N9.C2H6.CH4.Cu/c1-2-8-17-16(7-1)24-33-25(17)35-27-20-11-5-6-12-21(20)29(37-27)39-31-23-15-32-14-13-22(23)30(40-31)38-28-19-10-4-3-9-18(19)26(34-24)36-28;1-2;;/h1-15H;1-2H3;1H4;/q-2;;;+2. The molecule has 0 spiro atoms. The molecule has 3 aromatic carbocycles. The van der Waals surface area contributed by atoms with Gasteiger partial charge in [-0.1, -0.05) is 94.1 Å². The summed E-state index contributed by atoms with van der Waals surface area (Å²) in [5.41, 5.74) is 5.52. The molecule has 9 rings (SSSR count). The van der Waals surface area contributed by atoms with E-state index in [1.807, 2.05) is 92.7 Å². The number of aromatic nitrogens is 9. The van der Waals surface area contributed by atoms with Gasteiger partial charge in [-0.25, -0.2) is 9.97 Å². The average Bonchev–Trinajstić information content (AvgIpc) is 3.78. The van der Waals surface area contributed by atoms with Gasteiger partial charge in [-0.05, 0) is 27.6 Å². The van der Waals surface area contributed by atoms with Gasteiger partial charge >= 0.3 is 17.1 Å². The number of fused-ring (bicyclic) bond motifs is 20. The molecule has 0 atom stereocenters. The maximum atomic E-state index is 4.94. The molecule has 217 valence electrons. The van der Waals surface area contributed by atoms with Crippen LogP contribution in [0.4, 0.5) is 0 Å². The van der Waals surface area contributed by atoms with E-state index in [9.17, 15) is 0 Å². The van der Waals surface area contributed by atoms with Crippen LogP contribution in [0.2, 0.25) is 0 Å². The van der Waals surface area contributed by atoms with Crippen LogP contribution in [0, 0.1) is 0 Å². The third-order valence-corrected chi connectivity index (χ3v) is 7.22. The van der Waals surface area contributed by atoms with Gasteiger partial charge in [0.25, 0.3) is 0 Å². The molecule has 0 saturated carbocycles. The van der Waals surface area contributed by atoms with E-state index in [4.69, 9.17) is 39.9 Å². The second-order valence-electron chi connectivity index (χ2n) is 9.54. The summed E-state index contributed by atoms with van der Waals surface area (Å²) >= 11 is 0. The summed E-state index contributed by atoms with van der Waals surface area (Å²) in [5.74, 6) is 2.09. The van der Waals surface area contributed by atoms with E-state index in [-0.39, 0.29) is 24.5 Å². The van der Waals surface area contributed by atoms with Crippen LogP contribution in [0.15, 0.2) is 91.3 Å². The smallest absolute Gasteiger partial charge is 0.357 e. The first-order valence-corrected chi connectivity index (χ1v) is 13.7. The first-order chi connectivity index (χ1) is 20.8. The Kier molecular flexibility index (Phi) is 7.46. The van der Waals surface area contributed by atoms with Gasteiger partial charge in [-0.15, -0.1) is 0 Å². The SMILES string of the molecule is C.CC.[Cu+2].c1ccc2c(c1)-c1nc-2nc2[n-]c(nc3nc(nc4[n-]c(n1)c1ccccc41)-c1ccncc1-3)c1ccccc21. The zero-order valence-corrected chi connectivity index (χ0v) is 23.9. The topological polar surface area (TPSA) is 118 Å². The summed E-state index contributed by atoms with van der Waals surface area (Å²) in [6.45, 7) is 4.00. The minimum absolute atomic E-state index is 0. The van der Waals surface area contributed by atoms with Crippen molar-refractivity contribution in [2.45, 2.75) is 21.3 Å². The summed E-state index contributed by atoms with van der Waals surface area (Å²) in [5, 5.41) is 3.51. The van der Waals surface area contributed by atoms with E-state index in [2.05, 4.69) is 4.98 Å². The minimum atomic E-state index is 0. The molecule has 0 amide bonds. The minimum Gasteiger partial charge on any atom is -0.357 e.